The van der Waals surface area contributed by atoms with E-state index < -0.39 is 0 Å². The van der Waals surface area contributed by atoms with E-state index >= 15 is 0 Å². The van der Waals surface area contributed by atoms with Gasteiger partial charge >= 0.3 is 5.97 Å². The first-order valence-electron chi connectivity index (χ1n) is 11.4. The van der Waals surface area contributed by atoms with Gasteiger partial charge in [0.2, 0.25) is 5.89 Å². The number of hydrogen-bond donors (Lipinski definition) is 0. The minimum Gasteiger partial charge on any atom is -0.455 e. The largest absolute Gasteiger partial charge is 0.455 e. The standard InChI is InChI=1S/C23H29N3O4S/c1-2-5-26(13-19-24-25-21(30-19)18-4-3-6-31-18)20(27)14-29-22(28)23-10-15-7-16(11-23)9-17(8-15)12-23/h3-4,6,15-17H,2,5,7-14H2,1H3. The van der Waals surface area contributed by atoms with Gasteiger partial charge in [-0.1, -0.05) is 13.0 Å². The quantitative estimate of drug-likeness (QED) is 0.566. The molecule has 0 aliphatic heterocycles. The Hall–Kier alpha value is -2.22. The molecule has 2 aromatic rings. The molecule has 6 rings (SSSR count). The number of thiophene rings is 1. The minimum absolute atomic E-state index is 0.158. The molecule has 8 heteroatoms. The van der Waals surface area contributed by atoms with E-state index in [-0.39, 0.29) is 30.4 Å². The van der Waals surface area contributed by atoms with Gasteiger partial charge in [0.1, 0.15) is 0 Å². The molecule has 4 saturated carbocycles. The van der Waals surface area contributed by atoms with Crippen molar-refractivity contribution in [2.75, 3.05) is 13.2 Å². The van der Waals surface area contributed by atoms with Crippen LogP contribution in [0.2, 0.25) is 0 Å². The Labute approximate surface area is 186 Å². The van der Waals surface area contributed by atoms with Crippen molar-refractivity contribution in [3.63, 3.8) is 0 Å². The maximum Gasteiger partial charge on any atom is 0.312 e. The molecular weight excluding hydrogens is 414 g/mol. The van der Waals surface area contributed by atoms with Crippen molar-refractivity contribution in [3.05, 3.63) is 23.4 Å². The second kappa shape index (κ2) is 8.37. The van der Waals surface area contributed by atoms with E-state index in [2.05, 4.69) is 10.2 Å². The van der Waals surface area contributed by atoms with Crippen molar-refractivity contribution in [2.45, 2.75) is 58.4 Å². The number of rotatable bonds is 8. The van der Waals surface area contributed by atoms with Crippen LogP contribution in [0.4, 0.5) is 0 Å². The van der Waals surface area contributed by atoms with Gasteiger partial charge in [0.05, 0.1) is 16.8 Å². The van der Waals surface area contributed by atoms with Gasteiger partial charge in [0.25, 0.3) is 11.8 Å². The van der Waals surface area contributed by atoms with Crippen molar-refractivity contribution in [1.82, 2.24) is 15.1 Å². The van der Waals surface area contributed by atoms with Crippen molar-refractivity contribution >= 4 is 23.2 Å². The van der Waals surface area contributed by atoms with Gasteiger partial charge in [-0.2, -0.15) is 0 Å². The monoisotopic (exact) mass is 443 g/mol. The molecule has 4 fully saturated rings. The predicted octanol–water partition coefficient (Wildman–Crippen LogP) is 4.30. The Balaban J connectivity index is 1.19. The van der Waals surface area contributed by atoms with Crippen LogP contribution in [-0.4, -0.2) is 40.1 Å². The lowest BCUT2D eigenvalue weighted by molar-refractivity contribution is -0.174. The highest BCUT2D eigenvalue weighted by Gasteiger charge is 2.55. The number of esters is 1. The van der Waals surface area contributed by atoms with Gasteiger partial charge in [-0.05, 0) is 74.1 Å². The van der Waals surface area contributed by atoms with Gasteiger partial charge in [0, 0.05) is 6.54 Å². The Morgan fingerprint density at radius 1 is 1.19 bits per heavy atom. The topological polar surface area (TPSA) is 85.5 Å². The molecule has 4 aliphatic rings. The minimum atomic E-state index is -0.341. The fourth-order valence-electron chi connectivity index (χ4n) is 6.27. The average Bonchev–Trinajstić information content (AvgIpc) is 3.42. The Kier molecular flexibility index (Phi) is 5.58. The highest BCUT2D eigenvalue weighted by Crippen LogP contribution is 2.60. The summed E-state index contributed by atoms with van der Waals surface area (Å²) in [6.45, 7) is 2.56. The number of hydrogen-bond acceptors (Lipinski definition) is 7. The number of aromatic nitrogens is 2. The number of amides is 1. The van der Waals surface area contributed by atoms with Crippen LogP contribution < -0.4 is 0 Å². The van der Waals surface area contributed by atoms with Crippen LogP contribution in [0.1, 0.15) is 57.8 Å². The molecule has 1 amide bonds. The molecular formula is C23H29N3O4S. The maximum atomic E-state index is 13.0. The second-order valence-electron chi connectivity index (χ2n) is 9.57. The van der Waals surface area contributed by atoms with Gasteiger partial charge in [0.15, 0.2) is 6.61 Å². The molecule has 2 aromatic heterocycles. The molecule has 0 spiro atoms. The van der Waals surface area contributed by atoms with Crippen molar-refractivity contribution in [3.8, 4) is 10.8 Å². The zero-order chi connectivity index (χ0) is 21.4. The highest BCUT2D eigenvalue weighted by molar-refractivity contribution is 7.13. The van der Waals surface area contributed by atoms with Crippen LogP contribution in [0.25, 0.3) is 10.8 Å². The first-order chi connectivity index (χ1) is 15.0. The third-order valence-electron chi connectivity index (χ3n) is 7.17. The molecule has 7 nitrogen and oxygen atoms in total. The van der Waals surface area contributed by atoms with Gasteiger partial charge < -0.3 is 14.1 Å². The molecule has 166 valence electrons. The molecule has 2 heterocycles. The molecule has 4 bridgehead atoms. The van der Waals surface area contributed by atoms with Crippen LogP contribution >= 0.6 is 11.3 Å². The van der Waals surface area contributed by atoms with E-state index in [9.17, 15) is 9.59 Å². The van der Waals surface area contributed by atoms with Gasteiger partial charge in [-0.3, -0.25) is 9.59 Å². The number of carbonyl (C=O) groups is 2. The first kappa shape index (κ1) is 20.7. The molecule has 0 aromatic carbocycles. The van der Waals surface area contributed by atoms with E-state index in [1.165, 1.54) is 30.6 Å². The summed E-state index contributed by atoms with van der Waals surface area (Å²) < 4.78 is 11.4. The number of nitrogens with zero attached hydrogens (tertiary/aromatic N) is 3. The maximum absolute atomic E-state index is 13.0. The van der Waals surface area contributed by atoms with E-state index in [4.69, 9.17) is 9.15 Å². The molecule has 0 unspecified atom stereocenters. The SMILES string of the molecule is CCCN(Cc1nnc(-c2cccs2)o1)C(=O)COC(=O)C12CC3CC(CC(C3)C1)C2. The summed E-state index contributed by atoms with van der Waals surface area (Å²) in [5.41, 5.74) is -0.341. The van der Waals surface area contributed by atoms with Crippen molar-refractivity contribution < 1.29 is 18.7 Å². The fraction of sp³-hybridized carbons (Fsp3) is 0.652. The van der Waals surface area contributed by atoms with Crippen LogP contribution in [0.5, 0.6) is 0 Å². The summed E-state index contributed by atoms with van der Waals surface area (Å²) in [4.78, 5) is 28.4. The van der Waals surface area contributed by atoms with Gasteiger partial charge in [-0.15, -0.1) is 21.5 Å². The summed E-state index contributed by atoms with van der Waals surface area (Å²) in [7, 11) is 0. The Morgan fingerprint density at radius 3 is 2.52 bits per heavy atom. The Bertz CT molecular complexity index is 903. The smallest absolute Gasteiger partial charge is 0.312 e. The first-order valence-corrected chi connectivity index (χ1v) is 12.2. The normalized spacial score (nSPS) is 28.6. The molecule has 0 N–H and O–H groups in total. The van der Waals surface area contributed by atoms with Crippen molar-refractivity contribution in [2.24, 2.45) is 23.2 Å². The van der Waals surface area contributed by atoms with Crippen LogP contribution in [0, 0.1) is 23.2 Å². The van der Waals surface area contributed by atoms with E-state index in [0.29, 0.717) is 36.1 Å². The van der Waals surface area contributed by atoms with Crippen LogP contribution in [0.3, 0.4) is 0 Å². The van der Waals surface area contributed by atoms with Crippen LogP contribution in [-0.2, 0) is 20.9 Å². The second-order valence-corrected chi connectivity index (χ2v) is 10.5. The summed E-state index contributed by atoms with van der Waals surface area (Å²) in [6.07, 6.45) is 7.43. The highest BCUT2D eigenvalue weighted by atomic mass is 32.1. The Morgan fingerprint density at radius 2 is 1.90 bits per heavy atom. The summed E-state index contributed by atoms with van der Waals surface area (Å²) >= 11 is 1.53. The molecule has 0 atom stereocenters. The summed E-state index contributed by atoms with van der Waals surface area (Å²) in [6, 6.07) is 3.84. The fourth-order valence-corrected chi connectivity index (χ4v) is 6.92. The molecule has 31 heavy (non-hydrogen) atoms. The molecule has 0 saturated heterocycles. The predicted molar refractivity (Wildman–Crippen MR) is 115 cm³/mol. The lowest BCUT2D eigenvalue weighted by Gasteiger charge is -2.55. The zero-order valence-corrected chi connectivity index (χ0v) is 18.7. The van der Waals surface area contributed by atoms with E-state index in [1.807, 2.05) is 24.4 Å². The molecule has 4 aliphatic carbocycles. The zero-order valence-electron chi connectivity index (χ0n) is 17.9. The molecule has 0 radical (unpaired) electrons. The number of carbonyl (C=O) groups excluding carboxylic acids is 2. The van der Waals surface area contributed by atoms with E-state index in [1.54, 1.807) is 4.90 Å². The summed E-state index contributed by atoms with van der Waals surface area (Å²) in [5, 5.41) is 10.1. The lowest BCUT2D eigenvalue weighted by atomic mass is 9.49. The van der Waals surface area contributed by atoms with Gasteiger partial charge in [-0.25, -0.2) is 0 Å². The lowest BCUT2D eigenvalue weighted by Crippen LogP contribution is -2.51. The average molecular weight is 444 g/mol. The summed E-state index contributed by atoms with van der Waals surface area (Å²) in [5.74, 6) is 2.48. The third kappa shape index (κ3) is 4.14. The number of ether oxygens (including phenoxy) is 1. The van der Waals surface area contributed by atoms with Crippen LogP contribution in [0.15, 0.2) is 21.9 Å². The van der Waals surface area contributed by atoms with E-state index in [0.717, 1.165) is 30.6 Å². The third-order valence-corrected chi connectivity index (χ3v) is 8.03. The van der Waals surface area contributed by atoms with Crippen molar-refractivity contribution in [1.29, 1.82) is 0 Å².